The molecule has 18 heavy (non-hydrogen) atoms. The maximum absolute atomic E-state index is 3.60. The molecule has 0 heterocycles. The summed E-state index contributed by atoms with van der Waals surface area (Å²) in [4.78, 5) is 0. The molecule has 1 nitrogen and oxygen atoms in total. The van der Waals surface area contributed by atoms with Crippen molar-refractivity contribution < 1.29 is 0 Å². The highest BCUT2D eigenvalue weighted by Crippen LogP contribution is 2.63. The summed E-state index contributed by atoms with van der Waals surface area (Å²) in [6.07, 6.45) is 4.32. The molecule has 3 rings (SSSR count). The van der Waals surface area contributed by atoms with Crippen LogP contribution < -0.4 is 5.32 Å². The topological polar surface area (TPSA) is 12.0 Å². The lowest BCUT2D eigenvalue weighted by Gasteiger charge is -2.31. The summed E-state index contributed by atoms with van der Waals surface area (Å²) >= 11 is 0. The summed E-state index contributed by atoms with van der Waals surface area (Å²) in [5.74, 6) is 2.72. The third kappa shape index (κ3) is 2.21. The number of nitrogens with one attached hydrogen (secondary N) is 1. The second-order valence-electron chi connectivity index (χ2n) is 6.42. The van der Waals surface area contributed by atoms with Crippen LogP contribution in [-0.4, -0.2) is 13.1 Å². The van der Waals surface area contributed by atoms with E-state index in [1.54, 1.807) is 5.56 Å². The number of rotatable bonds is 6. The molecular formula is C17H25N. The fourth-order valence-corrected chi connectivity index (χ4v) is 3.71. The lowest BCUT2D eigenvalue weighted by molar-refractivity contribution is 0.212. The van der Waals surface area contributed by atoms with Crippen LogP contribution in [0.3, 0.4) is 0 Å². The molecule has 2 fully saturated rings. The van der Waals surface area contributed by atoms with Crippen LogP contribution in [0.1, 0.15) is 44.6 Å². The molecule has 3 atom stereocenters. The standard InChI is InChI=1S/C17H25N/c1-3-18-12-17(2,14-9-10-14)16-11-15(16)13-7-5-4-6-8-13/h4-8,14-16,18H,3,9-12H2,1-2H3. The van der Waals surface area contributed by atoms with Gasteiger partial charge in [-0.2, -0.15) is 0 Å². The summed E-state index contributed by atoms with van der Waals surface area (Å²) in [6.45, 7) is 7.06. The van der Waals surface area contributed by atoms with Crippen LogP contribution >= 0.6 is 0 Å². The van der Waals surface area contributed by atoms with E-state index in [9.17, 15) is 0 Å². The molecule has 2 aliphatic carbocycles. The minimum absolute atomic E-state index is 0.538. The third-order valence-electron chi connectivity index (χ3n) is 5.13. The molecule has 0 radical (unpaired) electrons. The van der Waals surface area contributed by atoms with Crippen molar-refractivity contribution in [1.82, 2.24) is 5.32 Å². The first-order valence-corrected chi connectivity index (χ1v) is 7.51. The Balaban J connectivity index is 1.70. The maximum atomic E-state index is 3.60. The molecule has 1 heteroatoms. The summed E-state index contributed by atoms with van der Waals surface area (Å²) in [7, 11) is 0. The Kier molecular flexibility index (Phi) is 3.19. The van der Waals surface area contributed by atoms with E-state index in [4.69, 9.17) is 0 Å². The van der Waals surface area contributed by atoms with Gasteiger partial charge < -0.3 is 5.32 Å². The van der Waals surface area contributed by atoms with Gasteiger partial charge in [0.25, 0.3) is 0 Å². The first kappa shape index (κ1) is 12.2. The predicted octanol–water partition coefficient (Wildman–Crippen LogP) is 3.82. The van der Waals surface area contributed by atoms with E-state index < -0.39 is 0 Å². The van der Waals surface area contributed by atoms with Crippen LogP contribution in [0.4, 0.5) is 0 Å². The molecule has 0 aromatic heterocycles. The second-order valence-corrected chi connectivity index (χ2v) is 6.42. The van der Waals surface area contributed by atoms with Gasteiger partial charge >= 0.3 is 0 Å². The fraction of sp³-hybridized carbons (Fsp3) is 0.647. The Morgan fingerprint density at radius 3 is 2.56 bits per heavy atom. The zero-order valence-electron chi connectivity index (χ0n) is 11.7. The van der Waals surface area contributed by atoms with Gasteiger partial charge in [-0.1, -0.05) is 44.2 Å². The molecule has 1 aromatic rings. The van der Waals surface area contributed by atoms with E-state index in [2.05, 4.69) is 49.5 Å². The number of hydrogen-bond donors (Lipinski definition) is 1. The van der Waals surface area contributed by atoms with Crippen molar-refractivity contribution in [3.63, 3.8) is 0 Å². The molecule has 0 saturated heterocycles. The maximum Gasteiger partial charge on any atom is 0.00106 e. The van der Waals surface area contributed by atoms with E-state index in [1.165, 1.54) is 25.8 Å². The molecule has 1 N–H and O–H groups in total. The number of benzene rings is 1. The largest absolute Gasteiger partial charge is 0.316 e. The quantitative estimate of drug-likeness (QED) is 0.801. The van der Waals surface area contributed by atoms with Crippen molar-refractivity contribution in [2.75, 3.05) is 13.1 Å². The molecule has 0 aliphatic heterocycles. The molecule has 2 saturated carbocycles. The Labute approximate surface area is 111 Å². The van der Waals surface area contributed by atoms with Crippen LogP contribution in [0.25, 0.3) is 0 Å². The molecule has 0 bridgehead atoms. The van der Waals surface area contributed by atoms with Crippen LogP contribution in [0.5, 0.6) is 0 Å². The molecule has 2 aliphatic rings. The average Bonchev–Trinajstić information content (AvgIpc) is 3.29. The van der Waals surface area contributed by atoms with E-state index >= 15 is 0 Å². The van der Waals surface area contributed by atoms with Crippen LogP contribution in [-0.2, 0) is 0 Å². The van der Waals surface area contributed by atoms with E-state index in [0.29, 0.717) is 5.41 Å². The third-order valence-corrected chi connectivity index (χ3v) is 5.13. The van der Waals surface area contributed by atoms with Gasteiger partial charge in [-0.15, -0.1) is 0 Å². The summed E-state index contributed by atoms with van der Waals surface area (Å²) in [5, 5.41) is 3.60. The van der Waals surface area contributed by atoms with Crippen molar-refractivity contribution in [3.05, 3.63) is 35.9 Å². The van der Waals surface area contributed by atoms with Crippen molar-refractivity contribution in [2.24, 2.45) is 17.3 Å². The summed E-state index contributed by atoms with van der Waals surface area (Å²) in [5.41, 5.74) is 2.10. The van der Waals surface area contributed by atoms with Gasteiger partial charge in [-0.25, -0.2) is 0 Å². The van der Waals surface area contributed by atoms with Gasteiger partial charge in [0.15, 0.2) is 0 Å². The Bertz CT molecular complexity index is 395. The predicted molar refractivity (Wildman–Crippen MR) is 76.7 cm³/mol. The Morgan fingerprint density at radius 2 is 1.94 bits per heavy atom. The zero-order chi connectivity index (χ0) is 12.6. The molecule has 0 spiro atoms. The highest BCUT2D eigenvalue weighted by atomic mass is 14.9. The first-order chi connectivity index (χ1) is 8.75. The minimum Gasteiger partial charge on any atom is -0.316 e. The lowest BCUT2D eigenvalue weighted by Crippen LogP contribution is -2.36. The van der Waals surface area contributed by atoms with Crippen molar-refractivity contribution in [2.45, 2.75) is 39.0 Å². The zero-order valence-corrected chi connectivity index (χ0v) is 11.7. The summed E-state index contributed by atoms with van der Waals surface area (Å²) < 4.78 is 0. The normalized spacial score (nSPS) is 29.9. The molecule has 98 valence electrons. The van der Waals surface area contributed by atoms with Crippen molar-refractivity contribution in [1.29, 1.82) is 0 Å². The van der Waals surface area contributed by atoms with Crippen LogP contribution in [0.2, 0.25) is 0 Å². The van der Waals surface area contributed by atoms with Gasteiger partial charge in [0.2, 0.25) is 0 Å². The van der Waals surface area contributed by atoms with E-state index in [0.717, 1.165) is 24.3 Å². The van der Waals surface area contributed by atoms with Crippen molar-refractivity contribution in [3.8, 4) is 0 Å². The first-order valence-electron chi connectivity index (χ1n) is 7.51. The van der Waals surface area contributed by atoms with E-state index in [1.807, 2.05) is 0 Å². The van der Waals surface area contributed by atoms with E-state index in [-0.39, 0.29) is 0 Å². The molecule has 0 amide bonds. The van der Waals surface area contributed by atoms with Crippen molar-refractivity contribution >= 4 is 0 Å². The van der Waals surface area contributed by atoms with Gasteiger partial charge in [-0.05, 0) is 54.5 Å². The molecule has 3 unspecified atom stereocenters. The molecular weight excluding hydrogens is 218 g/mol. The van der Waals surface area contributed by atoms with Gasteiger partial charge in [-0.3, -0.25) is 0 Å². The fourth-order valence-electron chi connectivity index (χ4n) is 3.71. The van der Waals surface area contributed by atoms with Crippen LogP contribution in [0, 0.1) is 17.3 Å². The van der Waals surface area contributed by atoms with Gasteiger partial charge in [0.05, 0.1) is 0 Å². The average molecular weight is 243 g/mol. The Hall–Kier alpha value is -0.820. The van der Waals surface area contributed by atoms with Crippen LogP contribution in [0.15, 0.2) is 30.3 Å². The Morgan fingerprint density at radius 1 is 1.22 bits per heavy atom. The lowest BCUT2D eigenvalue weighted by atomic mass is 9.78. The molecule has 1 aromatic carbocycles. The minimum atomic E-state index is 0.538. The monoisotopic (exact) mass is 243 g/mol. The highest BCUT2D eigenvalue weighted by Gasteiger charge is 2.56. The number of hydrogen-bond acceptors (Lipinski definition) is 1. The summed E-state index contributed by atoms with van der Waals surface area (Å²) in [6, 6.07) is 11.1. The SMILES string of the molecule is CCNCC(C)(C1CC1)C1CC1c1ccccc1. The van der Waals surface area contributed by atoms with Gasteiger partial charge in [0, 0.05) is 6.54 Å². The highest BCUT2D eigenvalue weighted by molar-refractivity contribution is 5.28. The smallest absolute Gasteiger partial charge is 0.00106 e. The second kappa shape index (κ2) is 4.70. The van der Waals surface area contributed by atoms with Gasteiger partial charge in [0.1, 0.15) is 0 Å².